The molecule has 0 saturated heterocycles. The first-order chi connectivity index (χ1) is 6.71. The molecule has 0 amide bonds. The molecule has 2 heterocycles. The minimum absolute atomic E-state index is 0.0571. The molecule has 1 aliphatic carbocycles. The Morgan fingerprint density at radius 1 is 1.57 bits per heavy atom. The molecule has 2 N–H and O–H groups in total. The van der Waals surface area contributed by atoms with Crippen LogP contribution in [0.25, 0.3) is 0 Å². The number of aromatic nitrogens is 2. The number of fused-ring (bicyclic) bond motifs is 1. The lowest BCUT2D eigenvalue weighted by atomic mass is 9.87. The van der Waals surface area contributed by atoms with Gasteiger partial charge in [-0.15, -0.1) is 0 Å². The van der Waals surface area contributed by atoms with Crippen LogP contribution in [-0.4, -0.2) is 15.1 Å². The third kappa shape index (κ3) is 1.12. The predicted molar refractivity (Wildman–Crippen MR) is 55.4 cm³/mol. The first-order valence-corrected chi connectivity index (χ1v) is 5.58. The van der Waals surface area contributed by atoms with Gasteiger partial charge in [-0.3, -0.25) is 0 Å². The molecule has 4 heteroatoms. The summed E-state index contributed by atoms with van der Waals surface area (Å²) in [4.78, 5) is 4.16. The van der Waals surface area contributed by atoms with Crippen molar-refractivity contribution in [3.63, 3.8) is 0 Å². The van der Waals surface area contributed by atoms with Crippen molar-refractivity contribution in [2.45, 2.75) is 43.7 Å². The van der Waals surface area contributed by atoms with Gasteiger partial charge >= 0.3 is 0 Å². The molecule has 14 heavy (non-hydrogen) atoms. The van der Waals surface area contributed by atoms with E-state index in [0.29, 0.717) is 11.2 Å². The van der Waals surface area contributed by atoms with Gasteiger partial charge in [-0.25, -0.2) is 4.98 Å². The van der Waals surface area contributed by atoms with Gasteiger partial charge in [0.1, 0.15) is 0 Å². The molecule has 1 aliphatic heterocycles. The van der Waals surface area contributed by atoms with Crippen LogP contribution in [0.5, 0.6) is 0 Å². The van der Waals surface area contributed by atoms with Gasteiger partial charge in [-0.05, 0) is 37.3 Å². The lowest BCUT2D eigenvalue weighted by Crippen LogP contribution is -2.34. The normalized spacial score (nSPS) is 28.6. The van der Waals surface area contributed by atoms with E-state index in [2.05, 4.69) is 9.55 Å². The Morgan fingerprint density at radius 3 is 3.07 bits per heavy atom. The van der Waals surface area contributed by atoms with Crippen LogP contribution in [0.4, 0.5) is 0 Å². The summed E-state index contributed by atoms with van der Waals surface area (Å²) >= 11 is 6.00. The highest BCUT2D eigenvalue weighted by molar-refractivity contribution is 6.28. The highest BCUT2D eigenvalue weighted by Gasteiger charge is 2.48. The number of hydrogen-bond donors (Lipinski definition) is 1. The molecule has 1 saturated carbocycles. The second-order valence-corrected chi connectivity index (χ2v) is 4.87. The van der Waals surface area contributed by atoms with E-state index in [0.717, 1.165) is 19.4 Å². The first-order valence-electron chi connectivity index (χ1n) is 5.20. The van der Waals surface area contributed by atoms with E-state index in [-0.39, 0.29) is 5.54 Å². The number of nitrogens with two attached hydrogens (primary N) is 1. The second kappa shape index (κ2) is 2.74. The molecule has 1 fully saturated rings. The Hall–Kier alpha value is -0.540. The van der Waals surface area contributed by atoms with Crippen LogP contribution in [0.15, 0.2) is 6.20 Å². The molecular weight excluding hydrogens is 198 g/mol. The fraction of sp³-hybridized carbons (Fsp3) is 0.700. The van der Waals surface area contributed by atoms with Crippen molar-refractivity contribution in [3.05, 3.63) is 17.2 Å². The van der Waals surface area contributed by atoms with Gasteiger partial charge in [-0.2, -0.15) is 0 Å². The van der Waals surface area contributed by atoms with Gasteiger partial charge in [0.25, 0.3) is 0 Å². The summed E-state index contributed by atoms with van der Waals surface area (Å²) in [5, 5.41) is 0.619. The minimum atomic E-state index is 0.0571. The second-order valence-electron chi connectivity index (χ2n) is 4.53. The van der Waals surface area contributed by atoms with Crippen LogP contribution in [0.2, 0.25) is 5.28 Å². The summed E-state index contributed by atoms with van der Waals surface area (Å²) in [6.45, 7) is 1.00. The van der Waals surface area contributed by atoms with E-state index in [1.165, 1.54) is 18.5 Å². The van der Waals surface area contributed by atoms with Gasteiger partial charge in [0.15, 0.2) is 0 Å². The smallest absolute Gasteiger partial charge is 0.202 e. The van der Waals surface area contributed by atoms with Crippen LogP contribution in [-0.2, 0) is 6.54 Å². The van der Waals surface area contributed by atoms with Crippen LogP contribution < -0.4 is 5.73 Å². The van der Waals surface area contributed by atoms with E-state index >= 15 is 0 Å². The van der Waals surface area contributed by atoms with E-state index in [1.807, 2.05) is 6.20 Å². The first kappa shape index (κ1) is 8.74. The Labute approximate surface area is 88.3 Å². The average molecular weight is 212 g/mol. The zero-order chi connectivity index (χ0) is 9.76. The molecule has 0 aromatic carbocycles. The molecule has 1 atom stereocenters. The van der Waals surface area contributed by atoms with Gasteiger partial charge in [0.05, 0.1) is 6.20 Å². The van der Waals surface area contributed by atoms with Crippen LogP contribution in [0.3, 0.4) is 0 Å². The highest BCUT2D eigenvalue weighted by Crippen LogP contribution is 2.49. The van der Waals surface area contributed by atoms with Crippen LogP contribution >= 0.6 is 11.6 Å². The Morgan fingerprint density at radius 2 is 2.36 bits per heavy atom. The molecule has 3 rings (SSSR count). The number of halogens is 1. The molecule has 1 aromatic heterocycles. The number of imidazole rings is 1. The summed E-state index contributed by atoms with van der Waals surface area (Å²) in [5.41, 5.74) is 7.57. The zero-order valence-corrected chi connectivity index (χ0v) is 8.80. The lowest BCUT2D eigenvalue weighted by molar-refractivity contribution is 0.389. The monoisotopic (exact) mass is 211 g/mol. The standard InChI is InChI=1S/C10H14ClN3/c11-9-13-6-8-7(10(12)3-4-10)2-1-5-14(8)9/h6-7H,1-5,12H2. The molecule has 0 bridgehead atoms. The summed E-state index contributed by atoms with van der Waals surface area (Å²) < 4.78 is 2.11. The number of nitrogens with zero attached hydrogens (tertiary/aromatic N) is 2. The van der Waals surface area contributed by atoms with Crippen molar-refractivity contribution < 1.29 is 0 Å². The topological polar surface area (TPSA) is 43.8 Å². The van der Waals surface area contributed by atoms with Crippen molar-refractivity contribution >= 4 is 11.6 Å². The minimum Gasteiger partial charge on any atom is -0.324 e. The fourth-order valence-corrected chi connectivity index (χ4v) is 2.77. The van der Waals surface area contributed by atoms with Crippen LogP contribution in [0.1, 0.15) is 37.3 Å². The van der Waals surface area contributed by atoms with E-state index in [4.69, 9.17) is 17.3 Å². The Kier molecular flexibility index (Phi) is 1.71. The molecule has 76 valence electrons. The molecule has 1 unspecified atom stereocenters. The maximum Gasteiger partial charge on any atom is 0.202 e. The molecular formula is C10H14ClN3. The third-order valence-corrected chi connectivity index (χ3v) is 3.89. The van der Waals surface area contributed by atoms with Gasteiger partial charge in [-0.1, -0.05) is 0 Å². The van der Waals surface area contributed by atoms with Gasteiger partial charge in [0, 0.05) is 23.7 Å². The molecule has 0 radical (unpaired) electrons. The molecule has 3 nitrogen and oxygen atoms in total. The molecule has 2 aliphatic rings. The molecule has 1 aromatic rings. The van der Waals surface area contributed by atoms with E-state index in [1.54, 1.807) is 0 Å². The Balaban J connectivity index is 2.03. The predicted octanol–water partition coefficient (Wildman–Crippen LogP) is 1.91. The molecule has 0 spiro atoms. The summed E-state index contributed by atoms with van der Waals surface area (Å²) in [6.07, 6.45) is 6.57. The SMILES string of the molecule is NC1(C2CCCn3c2cnc3Cl)CC1. The highest BCUT2D eigenvalue weighted by atomic mass is 35.5. The van der Waals surface area contributed by atoms with E-state index in [9.17, 15) is 0 Å². The van der Waals surface area contributed by atoms with Crippen molar-refractivity contribution in [1.82, 2.24) is 9.55 Å². The van der Waals surface area contributed by atoms with Gasteiger partial charge in [0.2, 0.25) is 5.28 Å². The number of hydrogen-bond acceptors (Lipinski definition) is 2. The fourth-order valence-electron chi connectivity index (χ4n) is 2.54. The quantitative estimate of drug-likeness (QED) is 0.771. The van der Waals surface area contributed by atoms with Gasteiger partial charge < -0.3 is 10.3 Å². The Bertz CT molecular complexity index is 367. The lowest BCUT2D eigenvalue weighted by Gasteiger charge is -2.29. The van der Waals surface area contributed by atoms with Crippen molar-refractivity contribution in [2.24, 2.45) is 5.73 Å². The summed E-state index contributed by atoms with van der Waals surface area (Å²) in [5.74, 6) is 0.483. The third-order valence-electron chi connectivity index (χ3n) is 3.59. The summed E-state index contributed by atoms with van der Waals surface area (Å²) in [7, 11) is 0. The zero-order valence-electron chi connectivity index (χ0n) is 8.04. The number of rotatable bonds is 1. The van der Waals surface area contributed by atoms with E-state index < -0.39 is 0 Å². The summed E-state index contributed by atoms with van der Waals surface area (Å²) in [6, 6.07) is 0. The maximum atomic E-state index is 6.26. The maximum absolute atomic E-state index is 6.26. The van der Waals surface area contributed by atoms with Crippen molar-refractivity contribution in [2.75, 3.05) is 0 Å². The van der Waals surface area contributed by atoms with Crippen LogP contribution in [0, 0.1) is 0 Å². The van der Waals surface area contributed by atoms with Crippen molar-refractivity contribution in [3.8, 4) is 0 Å². The van der Waals surface area contributed by atoms with Crippen molar-refractivity contribution in [1.29, 1.82) is 0 Å². The largest absolute Gasteiger partial charge is 0.324 e. The average Bonchev–Trinajstić information content (AvgIpc) is 2.83.